The maximum atomic E-state index is 12.3. The standard InChI is InChI=1S/C17H12N4O2S/c18-12-13-6-8-14(9-7-13)16-10-11-19-17(20-16)21-24(22,23)15-4-2-1-3-5-15/h1-11H,(H,19,20,21). The molecule has 24 heavy (non-hydrogen) atoms. The Morgan fingerprint density at radius 1 is 0.958 bits per heavy atom. The predicted molar refractivity (Wildman–Crippen MR) is 89.4 cm³/mol. The van der Waals surface area contributed by atoms with E-state index in [4.69, 9.17) is 5.26 Å². The van der Waals surface area contributed by atoms with E-state index >= 15 is 0 Å². The monoisotopic (exact) mass is 336 g/mol. The second-order valence-electron chi connectivity index (χ2n) is 4.87. The van der Waals surface area contributed by atoms with Crippen LogP contribution in [0.15, 0.2) is 71.8 Å². The zero-order chi connectivity index (χ0) is 17.0. The van der Waals surface area contributed by atoms with Crippen LogP contribution in [0.25, 0.3) is 11.3 Å². The van der Waals surface area contributed by atoms with Gasteiger partial charge in [0.2, 0.25) is 5.95 Å². The molecule has 3 rings (SSSR count). The lowest BCUT2D eigenvalue weighted by molar-refractivity contribution is 0.601. The molecule has 0 amide bonds. The van der Waals surface area contributed by atoms with Gasteiger partial charge in [0.05, 0.1) is 22.2 Å². The molecule has 3 aromatic rings. The molecular weight excluding hydrogens is 324 g/mol. The predicted octanol–water partition coefficient (Wildman–Crippen LogP) is 2.82. The van der Waals surface area contributed by atoms with E-state index in [2.05, 4.69) is 14.7 Å². The SMILES string of the molecule is N#Cc1ccc(-c2ccnc(NS(=O)(=O)c3ccccc3)n2)cc1. The molecule has 0 aliphatic rings. The zero-order valence-corrected chi connectivity index (χ0v) is 13.2. The van der Waals surface area contributed by atoms with Crippen LogP contribution < -0.4 is 4.72 Å². The number of rotatable bonds is 4. The minimum Gasteiger partial charge on any atom is -0.247 e. The summed E-state index contributed by atoms with van der Waals surface area (Å²) in [5.74, 6) is -0.0132. The molecule has 0 aliphatic heterocycles. The molecule has 0 saturated heterocycles. The van der Waals surface area contributed by atoms with Crippen LogP contribution in [-0.4, -0.2) is 18.4 Å². The number of nitriles is 1. The van der Waals surface area contributed by atoms with Crippen molar-refractivity contribution in [3.63, 3.8) is 0 Å². The van der Waals surface area contributed by atoms with Crippen LogP contribution in [0.1, 0.15) is 5.56 Å². The average molecular weight is 336 g/mol. The number of aromatic nitrogens is 2. The van der Waals surface area contributed by atoms with Gasteiger partial charge in [-0.1, -0.05) is 30.3 Å². The molecule has 0 spiro atoms. The van der Waals surface area contributed by atoms with Crippen molar-refractivity contribution in [3.05, 3.63) is 72.4 Å². The number of sulfonamides is 1. The van der Waals surface area contributed by atoms with Crippen LogP contribution in [0.5, 0.6) is 0 Å². The number of hydrogen-bond donors (Lipinski definition) is 1. The third-order valence-corrected chi connectivity index (χ3v) is 4.59. The Kier molecular flexibility index (Phi) is 4.22. The number of anilines is 1. The van der Waals surface area contributed by atoms with E-state index in [0.29, 0.717) is 11.3 Å². The van der Waals surface area contributed by atoms with Gasteiger partial charge in [0.15, 0.2) is 0 Å². The van der Waals surface area contributed by atoms with Gasteiger partial charge < -0.3 is 0 Å². The molecule has 0 fully saturated rings. The molecule has 0 saturated carbocycles. The van der Waals surface area contributed by atoms with Gasteiger partial charge in [0, 0.05) is 11.8 Å². The van der Waals surface area contributed by atoms with Gasteiger partial charge in [-0.15, -0.1) is 0 Å². The fourth-order valence-electron chi connectivity index (χ4n) is 2.06. The van der Waals surface area contributed by atoms with Crippen molar-refractivity contribution >= 4 is 16.0 Å². The zero-order valence-electron chi connectivity index (χ0n) is 12.4. The Hall–Kier alpha value is -3.24. The fourth-order valence-corrected chi connectivity index (χ4v) is 3.03. The molecule has 1 heterocycles. The largest absolute Gasteiger partial charge is 0.264 e. The fraction of sp³-hybridized carbons (Fsp3) is 0. The van der Waals surface area contributed by atoms with Gasteiger partial charge in [0.1, 0.15) is 0 Å². The summed E-state index contributed by atoms with van der Waals surface area (Å²) in [6, 6.07) is 18.6. The Labute approximate surface area is 139 Å². The van der Waals surface area contributed by atoms with Crippen LogP contribution in [0, 0.1) is 11.3 Å². The summed E-state index contributed by atoms with van der Waals surface area (Å²) in [6.45, 7) is 0. The van der Waals surface area contributed by atoms with E-state index in [9.17, 15) is 8.42 Å². The van der Waals surface area contributed by atoms with E-state index in [-0.39, 0.29) is 10.8 Å². The third-order valence-electron chi connectivity index (χ3n) is 3.24. The first kappa shape index (κ1) is 15.6. The lowest BCUT2D eigenvalue weighted by Gasteiger charge is -2.08. The van der Waals surface area contributed by atoms with Crippen LogP contribution in [0.2, 0.25) is 0 Å². The number of nitrogens with zero attached hydrogens (tertiary/aromatic N) is 3. The normalized spacial score (nSPS) is 10.8. The molecule has 0 aliphatic carbocycles. The molecule has 0 unspecified atom stereocenters. The van der Waals surface area contributed by atoms with Gasteiger partial charge in [-0.3, -0.25) is 0 Å². The molecule has 0 bridgehead atoms. The van der Waals surface area contributed by atoms with Gasteiger partial charge in [0.25, 0.3) is 10.0 Å². The number of hydrogen-bond acceptors (Lipinski definition) is 5. The molecule has 1 aromatic heterocycles. The Balaban J connectivity index is 1.89. The second-order valence-corrected chi connectivity index (χ2v) is 6.56. The van der Waals surface area contributed by atoms with Crippen LogP contribution in [0.3, 0.4) is 0 Å². The van der Waals surface area contributed by atoms with E-state index < -0.39 is 10.0 Å². The summed E-state index contributed by atoms with van der Waals surface area (Å²) in [6.07, 6.45) is 1.48. The van der Waals surface area contributed by atoms with Crippen molar-refractivity contribution in [2.45, 2.75) is 4.90 Å². The maximum absolute atomic E-state index is 12.3. The molecule has 0 radical (unpaired) electrons. The lowest BCUT2D eigenvalue weighted by atomic mass is 10.1. The first-order valence-corrected chi connectivity index (χ1v) is 8.48. The molecule has 7 heteroatoms. The quantitative estimate of drug-likeness (QED) is 0.790. The van der Waals surface area contributed by atoms with Crippen molar-refractivity contribution in [1.82, 2.24) is 9.97 Å². The number of nitrogens with one attached hydrogen (secondary N) is 1. The third kappa shape index (κ3) is 3.39. The molecule has 2 aromatic carbocycles. The minimum absolute atomic E-state index is 0.0132. The summed E-state index contributed by atoms with van der Waals surface area (Å²) in [7, 11) is -3.74. The van der Waals surface area contributed by atoms with E-state index in [1.165, 1.54) is 18.3 Å². The highest BCUT2D eigenvalue weighted by Gasteiger charge is 2.15. The Morgan fingerprint density at radius 2 is 1.67 bits per heavy atom. The van der Waals surface area contributed by atoms with Crippen molar-refractivity contribution < 1.29 is 8.42 Å². The molecule has 1 N–H and O–H groups in total. The van der Waals surface area contributed by atoms with Crippen LogP contribution >= 0.6 is 0 Å². The van der Waals surface area contributed by atoms with Gasteiger partial charge in [-0.25, -0.2) is 23.1 Å². The van der Waals surface area contributed by atoms with E-state index in [1.54, 1.807) is 48.5 Å². The number of benzene rings is 2. The molecule has 6 nitrogen and oxygen atoms in total. The Bertz CT molecular complexity index is 995. The summed E-state index contributed by atoms with van der Waals surface area (Å²) in [5, 5.41) is 8.83. The van der Waals surface area contributed by atoms with Gasteiger partial charge >= 0.3 is 0 Å². The smallest absolute Gasteiger partial charge is 0.247 e. The lowest BCUT2D eigenvalue weighted by Crippen LogP contribution is -2.15. The van der Waals surface area contributed by atoms with Crippen molar-refractivity contribution in [1.29, 1.82) is 5.26 Å². The van der Waals surface area contributed by atoms with E-state index in [1.807, 2.05) is 6.07 Å². The molecule has 0 atom stereocenters. The van der Waals surface area contributed by atoms with Crippen LogP contribution in [-0.2, 0) is 10.0 Å². The van der Waals surface area contributed by atoms with Crippen LogP contribution in [0.4, 0.5) is 5.95 Å². The van der Waals surface area contributed by atoms with Gasteiger partial charge in [-0.2, -0.15) is 5.26 Å². The highest BCUT2D eigenvalue weighted by Crippen LogP contribution is 2.19. The highest BCUT2D eigenvalue weighted by molar-refractivity contribution is 7.92. The first-order chi connectivity index (χ1) is 11.6. The first-order valence-electron chi connectivity index (χ1n) is 7.00. The van der Waals surface area contributed by atoms with Crippen molar-refractivity contribution in [3.8, 4) is 17.3 Å². The Morgan fingerprint density at radius 3 is 2.33 bits per heavy atom. The topological polar surface area (TPSA) is 95.7 Å². The average Bonchev–Trinajstić information content (AvgIpc) is 2.62. The van der Waals surface area contributed by atoms with Gasteiger partial charge in [-0.05, 0) is 30.3 Å². The molecular formula is C17H12N4O2S. The van der Waals surface area contributed by atoms with Crippen molar-refractivity contribution in [2.75, 3.05) is 4.72 Å². The summed E-state index contributed by atoms with van der Waals surface area (Å²) < 4.78 is 27.0. The summed E-state index contributed by atoms with van der Waals surface area (Å²) in [4.78, 5) is 8.32. The summed E-state index contributed by atoms with van der Waals surface area (Å²) >= 11 is 0. The second kappa shape index (κ2) is 6.48. The maximum Gasteiger partial charge on any atom is 0.264 e. The van der Waals surface area contributed by atoms with Crippen molar-refractivity contribution in [2.24, 2.45) is 0 Å². The van der Waals surface area contributed by atoms with E-state index in [0.717, 1.165) is 5.56 Å². The highest BCUT2D eigenvalue weighted by atomic mass is 32.2. The summed E-state index contributed by atoms with van der Waals surface area (Å²) in [5.41, 5.74) is 1.86. The minimum atomic E-state index is -3.74. The molecule has 118 valence electrons.